The van der Waals surface area contributed by atoms with Gasteiger partial charge >= 0.3 is 5.97 Å². The van der Waals surface area contributed by atoms with Gasteiger partial charge in [-0.05, 0) is 79.5 Å². The Bertz CT molecular complexity index is 1860. The molecule has 2 aromatic heterocycles. The number of methoxy groups -OCH3 is 1. The molecule has 222 valence electrons. The van der Waals surface area contributed by atoms with Crippen molar-refractivity contribution >= 4 is 45.7 Å². The van der Waals surface area contributed by atoms with Crippen LogP contribution in [0, 0.1) is 13.8 Å². The molecule has 1 amide bonds. The maximum Gasteiger partial charge on any atom is 0.337 e. The highest BCUT2D eigenvalue weighted by Gasteiger charge is 2.41. The van der Waals surface area contributed by atoms with Crippen LogP contribution in [0.2, 0.25) is 0 Å². The van der Waals surface area contributed by atoms with Gasteiger partial charge in [0.15, 0.2) is 5.11 Å². The molecule has 0 bridgehead atoms. The third kappa shape index (κ3) is 5.54. The van der Waals surface area contributed by atoms with Gasteiger partial charge in [-0.15, -0.1) is 0 Å². The zero-order chi connectivity index (χ0) is 30.8. The zero-order valence-electron chi connectivity index (χ0n) is 24.8. The largest absolute Gasteiger partial charge is 0.465 e. The molecule has 0 aliphatic carbocycles. The highest BCUT2D eigenvalue weighted by Crippen LogP contribution is 2.41. The van der Waals surface area contributed by atoms with Crippen LogP contribution in [0.4, 0.5) is 5.69 Å². The van der Waals surface area contributed by atoms with Crippen molar-refractivity contribution in [2.24, 2.45) is 0 Å². The van der Waals surface area contributed by atoms with E-state index in [9.17, 15) is 9.59 Å². The molecule has 2 N–H and O–H groups in total. The molecule has 6 rings (SSSR count). The number of thiocarbonyl (C=S) groups is 1. The Morgan fingerprint density at radius 2 is 1.75 bits per heavy atom. The number of carbonyl (C=O) groups is 2. The van der Waals surface area contributed by atoms with Crippen LogP contribution >= 0.6 is 12.2 Å². The fourth-order valence-electron chi connectivity index (χ4n) is 6.13. The topological polar surface area (TPSA) is 88.5 Å². The van der Waals surface area contributed by atoms with Gasteiger partial charge < -0.3 is 24.8 Å². The van der Waals surface area contributed by atoms with E-state index in [0.29, 0.717) is 17.2 Å². The first kappa shape index (κ1) is 29.1. The van der Waals surface area contributed by atoms with Gasteiger partial charge in [0, 0.05) is 47.3 Å². The number of amides is 1. The number of nitrogens with zero attached hydrogens (tertiary/aromatic N) is 3. The highest BCUT2D eigenvalue weighted by molar-refractivity contribution is 7.80. The van der Waals surface area contributed by atoms with E-state index >= 15 is 0 Å². The molecule has 0 spiro atoms. The lowest BCUT2D eigenvalue weighted by Crippen LogP contribution is -2.33. The van der Waals surface area contributed by atoms with Crippen LogP contribution < -0.4 is 10.6 Å². The van der Waals surface area contributed by atoms with Crippen LogP contribution in [-0.4, -0.2) is 45.1 Å². The van der Waals surface area contributed by atoms with Crippen molar-refractivity contribution in [3.05, 3.63) is 125 Å². The summed E-state index contributed by atoms with van der Waals surface area (Å²) in [5.41, 5.74) is 6.06. The van der Waals surface area contributed by atoms with E-state index in [2.05, 4.69) is 38.1 Å². The zero-order valence-corrected chi connectivity index (χ0v) is 25.6. The minimum absolute atomic E-state index is 0.0886. The van der Waals surface area contributed by atoms with Gasteiger partial charge in [-0.25, -0.2) is 4.79 Å². The summed E-state index contributed by atoms with van der Waals surface area (Å²) >= 11 is 5.87. The van der Waals surface area contributed by atoms with Crippen LogP contribution in [-0.2, 0) is 9.53 Å². The number of pyridine rings is 1. The van der Waals surface area contributed by atoms with Gasteiger partial charge in [0.1, 0.15) is 0 Å². The summed E-state index contributed by atoms with van der Waals surface area (Å²) in [5, 5.41) is 9.23. The summed E-state index contributed by atoms with van der Waals surface area (Å²) in [4.78, 5) is 32.3. The number of fused-ring (bicyclic) bond motifs is 1. The molecule has 1 saturated heterocycles. The Morgan fingerprint density at radius 3 is 2.55 bits per heavy atom. The SMILES string of the molecule is COC(=O)c1cccc(-n2c(C)cc([C@@H]3[C@@H](c4ccccn4)NC(=S)N3CCC(=O)Nc3cccc4ccccc34)c2C)c1. The van der Waals surface area contributed by atoms with Gasteiger partial charge in [0.2, 0.25) is 5.91 Å². The van der Waals surface area contributed by atoms with Gasteiger partial charge in [-0.1, -0.05) is 48.5 Å². The van der Waals surface area contributed by atoms with Gasteiger partial charge in [0.05, 0.1) is 30.5 Å². The predicted octanol–water partition coefficient (Wildman–Crippen LogP) is 6.43. The van der Waals surface area contributed by atoms with E-state index < -0.39 is 0 Å². The summed E-state index contributed by atoms with van der Waals surface area (Å²) in [5.74, 6) is -0.475. The number of carbonyl (C=O) groups excluding carboxylic acids is 2. The standard InChI is InChI=1S/C35H33N5O3S/c1-22-20-28(23(2)40(22)26-13-8-12-25(21-26)34(42)43-3)33-32(30-15-6-7-18-36-30)38-35(44)39(33)19-17-31(41)37-29-16-9-11-24-10-4-5-14-27(24)29/h4-16,18,20-21,32-33H,17,19H2,1-3H3,(H,37,41)(H,38,44)/t32-,33-/m1/s1. The number of benzene rings is 3. The monoisotopic (exact) mass is 603 g/mol. The molecular weight excluding hydrogens is 570 g/mol. The maximum atomic E-state index is 13.3. The van der Waals surface area contributed by atoms with Crippen molar-refractivity contribution in [3.8, 4) is 5.69 Å². The van der Waals surface area contributed by atoms with Crippen LogP contribution in [0.1, 0.15) is 51.5 Å². The van der Waals surface area contributed by atoms with E-state index in [1.54, 1.807) is 12.3 Å². The lowest BCUT2D eigenvalue weighted by Gasteiger charge is -2.28. The van der Waals surface area contributed by atoms with E-state index in [-0.39, 0.29) is 30.4 Å². The molecule has 1 aliphatic heterocycles. The summed E-state index contributed by atoms with van der Waals surface area (Å²) in [7, 11) is 1.38. The number of esters is 1. The summed E-state index contributed by atoms with van der Waals surface area (Å²) < 4.78 is 7.08. The fourth-order valence-corrected chi connectivity index (χ4v) is 6.46. The number of hydrogen-bond donors (Lipinski definition) is 2. The van der Waals surface area contributed by atoms with Crippen molar-refractivity contribution in [2.75, 3.05) is 19.0 Å². The molecule has 5 aromatic rings. The lowest BCUT2D eigenvalue weighted by molar-refractivity contribution is -0.116. The van der Waals surface area contributed by atoms with Crippen LogP contribution in [0.5, 0.6) is 0 Å². The average molecular weight is 604 g/mol. The van der Waals surface area contributed by atoms with Crippen molar-refractivity contribution in [2.45, 2.75) is 32.4 Å². The van der Waals surface area contributed by atoms with Gasteiger partial charge in [-0.3, -0.25) is 9.78 Å². The molecule has 2 atom stereocenters. The van der Waals surface area contributed by atoms with Crippen LogP contribution in [0.25, 0.3) is 16.5 Å². The Morgan fingerprint density at radius 1 is 0.977 bits per heavy atom. The highest BCUT2D eigenvalue weighted by atomic mass is 32.1. The Balaban J connectivity index is 1.32. The predicted molar refractivity (Wildman–Crippen MR) is 176 cm³/mol. The molecule has 9 heteroatoms. The van der Waals surface area contributed by atoms with E-state index in [1.165, 1.54) is 7.11 Å². The van der Waals surface area contributed by atoms with E-state index in [1.807, 2.05) is 85.8 Å². The average Bonchev–Trinajstić information content (AvgIpc) is 3.53. The lowest BCUT2D eigenvalue weighted by atomic mass is 9.96. The fraction of sp³-hybridized carbons (Fsp3) is 0.200. The van der Waals surface area contributed by atoms with E-state index in [4.69, 9.17) is 17.0 Å². The number of aromatic nitrogens is 2. The molecule has 8 nitrogen and oxygen atoms in total. The molecule has 0 unspecified atom stereocenters. The molecule has 3 aromatic carbocycles. The smallest absolute Gasteiger partial charge is 0.337 e. The quantitative estimate of drug-likeness (QED) is 0.156. The third-order valence-corrected chi connectivity index (χ3v) is 8.51. The number of nitrogens with one attached hydrogen (secondary N) is 2. The Hall–Kier alpha value is -5.02. The molecule has 44 heavy (non-hydrogen) atoms. The second kappa shape index (κ2) is 12.3. The number of aryl methyl sites for hydroxylation is 1. The number of rotatable bonds is 8. The molecule has 0 saturated carbocycles. The van der Waals surface area contributed by atoms with Crippen molar-refractivity contribution in [1.29, 1.82) is 0 Å². The van der Waals surface area contributed by atoms with Crippen LogP contribution in [0.15, 0.2) is 97.2 Å². The summed E-state index contributed by atoms with van der Waals surface area (Å²) in [6, 6.07) is 28.9. The van der Waals surface area contributed by atoms with Gasteiger partial charge in [-0.2, -0.15) is 0 Å². The third-order valence-electron chi connectivity index (χ3n) is 8.16. The second-order valence-electron chi connectivity index (χ2n) is 10.8. The molecule has 0 radical (unpaired) electrons. The van der Waals surface area contributed by atoms with Gasteiger partial charge in [0.25, 0.3) is 0 Å². The van der Waals surface area contributed by atoms with Crippen molar-refractivity contribution in [1.82, 2.24) is 19.8 Å². The molecule has 1 fully saturated rings. The first-order valence-electron chi connectivity index (χ1n) is 14.5. The summed E-state index contributed by atoms with van der Waals surface area (Å²) in [6.07, 6.45) is 2.02. The minimum Gasteiger partial charge on any atom is -0.465 e. The number of anilines is 1. The number of hydrogen-bond acceptors (Lipinski definition) is 5. The molecule has 1 aliphatic rings. The van der Waals surface area contributed by atoms with Crippen LogP contribution in [0.3, 0.4) is 0 Å². The maximum absolute atomic E-state index is 13.3. The second-order valence-corrected chi connectivity index (χ2v) is 11.2. The Labute approximate surface area is 261 Å². The van der Waals surface area contributed by atoms with Crippen molar-refractivity contribution in [3.63, 3.8) is 0 Å². The first-order valence-corrected chi connectivity index (χ1v) is 14.9. The van der Waals surface area contributed by atoms with Crippen molar-refractivity contribution < 1.29 is 14.3 Å². The molecule has 3 heterocycles. The number of ether oxygens (including phenoxy) is 1. The molecular formula is C35H33N5O3S. The summed E-state index contributed by atoms with van der Waals surface area (Å²) in [6.45, 7) is 4.52. The Kier molecular flexibility index (Phi) is 8.13. The first-order chi connectivity index (χ1) is 21.4. The van der Waals surface area contributed by atoms with E-state index in [0.717, 1.165) is 44.8 Å². The normalized spacial score (nSPS) is 16.2. The minimum atomic E-state index is -0.386.